The van der Waals surface area contributed by atoms with Gasteiger partial charge in [0.1, 0.15) is 22.9 Å². The molecule has 35 heavy (non-hydrogen) atoms. The van der Waals surface area contributed by atoms with Crippen LogP contribution in [0.1, 0.15) is 28.2 Å². The zero-order valence-electron chi connectivity index (χ0n) is 19.4. The fourth-order valence-corrected chi connectivity index (χ4v) is 3.39. The summed E-state index contributed by atoms with van der Waals surface area (Å²) in [4.78, 5) is 0. The van der Waals surface area contributed by atoms with E-state index >= 15 is 0 Å². The molecule has 0 amide bonds. The van der Waals surface area contributed by atoms with E-state index in [0.29, 0.717) is 17.2 Å². The lowest BCUT2D eigenvalue weighted by Crippen LogP contribution is -1.89. The van der Waals surface area contributed by atoms with Crippen molar-refractivity contribution in [2.45, 2.75) is 13.8 Å². The summed E-state index contributed by atoms with van der Waals surface area (Å²) in [6.07, 6.45) is 5.38. The van der Waals surface area contributed by atoms with Crippen LogP contribution in [0, 0.1) is 38.0 Å². The van der Waals surface area contributed by atoms with Crippen molar-refractivity contribution in [2.75, 3.05) is 5.73 Å². The Morgan fingerprint density at radius 2 is 1.14 bits per heavy atom. The highest BCUT2D eigenvalue weighted by molar-refractivity contribution is 5.69. The van der Waals surface area contributed by atoms with Gasteiger partial charge in [-0.3, -0.25) is 0 Å². The molecule has 2 N–H and O–H groups in total. The number of terminal acetylenes is 1. The summed E-state index contributed by atoms with van der Waals surface area (Å²) in [5.41, 5.74) is 12.4. The summed E-state index contributed by atoms with van der Waals surface area (Å²) in [5, 5.41) is 8.05. The van der Waals surface area contributed by atoms with Gasteiger partial charge in [-0.1, -0.05) is 101 Å². The third-order valence-electron chi connectivity index (χ3n) is 5.25. The van der Waals surface area contributed by atoms with Crippen molar-refractivity contribution in [1.29, 1.82) is 0 Å². The number of nitrogens with zero attached hydrogens (tertiary/aromatic N) is 2. The number of para-hydroxylation sites is 1. The number of hydrogen-bond acceptors (Lipinski definition) is 5. The van der Waals surface area contributed by atoms with Crippen LogP contribution in [-0.2, 0) is 0 Å². The fraction of sp³-hybridized carbons (Fsp3) is 0.0667. The van der Waals surface area contributed by atoms with Gasteiger partial charge in [-0.25, -0.2) is 0 Å². The number of hydrogen-bond donors (Lipinski definition) is 1. The predicted octanol–water partition coefficient (Wildman–Crippen LogP) is 6.26. The van der Waals surface area contributed by atoms with Gasteiger partial charge >= 0.3 is 0 Å². The molecule has 0 aliphatic carbocycles. The molecule has 0 unspecified atom stereocenters. The number of nitrogens with two attached hydrogens (primary N) is 1. The van der Waals surface area contributed by atoms with Crippen LogP contribution in [0.2, 0.25) is 0 Å². The topological polar surface area (TPSA) is 78.1 Å². The highest BCUT2D eigenvalue weighted by Gasteiger charge is 2.13. The maximum absolute atomic E-state index is 5.91. The van der Waals surface area contributed by atoms with Crippen molar-refractivity contribution in [2.24, 2.45) is 0 Å². The zero-order valence-corrected chi connectivity index (χ0v) is 19.4. The number of nitrogen functional groups attached to an aromatic ring is 1. The first-order valence-electron chi connectivity index (χ1n) is 10.9. The standard InChI is InChI=1S/C18H14N2O.C12H9NO/c1-13-16(12-11-14-7-5-6-10-17(14)19)18(20-21-13)15-8-3-2-4-9-15;1-3-11-9(2)14-13-12(11)10-7-5-4-6-8-10/h2-10H,19H2,1H3;1,4-8H,2H3. The monoisotopic (exact) mass is 457 g/mol. The second kappa shape index (κ2) is 10.7. The summed E-state index contributed by atoms with van der Waals surface area (Å²) in [6, 6.07) is 27.2. The molecule has 2 heterocycles. The van der Waals surface area contributed by atoms with Gasteiger partial charge in [0.15, 0.2) is 0 Å². The van der Waals surface area contributed by atoms with Crippen LogP contribution in [0.15, 0.2) is 94.0 Å². The molecule has 2 aromatic heterocycles. The van der Waals surface area contributed by atoms with Gasteiger partial charge in [0.25, 0.3) is 0 Å². The summed E-state index contributed by atoms with van der Waals surface area (Å²) in [5.74, 6) is 10.2. The van der Waals surface area contributed by atoms with Crippen LogP contribution in [0.25, 0.3) is 22.5 Å². The van der Waals surface area contributed by atoms with Gasteiger partial charge in [-0.05, 0) is 26.0 Å². The van der Waals surface area contributed by atoms with Crippen molar-refractivity contribution >= 4 is 5.69 Å². The zero-order chi connectivity index (χ0) is 24.6. The molecule has 0 saturated carbocycles. The number of anilines is 1. The molecule has 0 atom stereocenters. The quantitative estimate of drug-likeness (QED) is 0.250. The molecule has 0 aliphatic heterocycles. The van der Waals surface area contributed by atoms with Crippen LogP contribution < -0.4 is 5.73 Å². The molecule has 0 radical (unpaired) electrons. The Hall–Kier alpha value is -5.00. The maximum Gasteiger partial charge on any atom is 0.149 e. The summed E-state index contributed by atoms with van der Waals surface area (Å²) in [7, 11) is 0. The molecule has 0 saturated heterocycles. The average Bonchev–Trinajstić information content (AvgIpc) is 3.46. The van der Waals surface area contributed by atoms with Crippen LogP contribution >= 0.6 is 0 Å². The number of aryl methyl sites for hydroxylation is 2. The van der Waals surface area contributed by atoms with Crippen LogP contribution in [-0.4, -0.2) is 10.3 Å². The Labute approximate surface area is 204 Å². The molecule has 3 aromatic carbocycles. The van der Waals surface area contributed by atoms with Crippen molar-refractivity contribution < 1.29 is 9.05 Å². The van der Waals surface area contributed by atoms with Gasteiger partial charge in [-0.2, -0.15) is 0 Å². The number of benzene rings is 3. The van der Waals surface area contributed by atoms with Gasteiger partial charge in [0.2, 0.25) is 0 Å². The van der Waals surface area contributed by atoms with Crippen LogP contribution in [0.4, 0.5) is 5.69 Å². The fourth-order valence-electron chi connectivity index (χ4n) is 3.39. The van der Waals surface area contributed by atoms with Crippen molar-refractivity contribution in [1.82, 2.24) is 10.3 Å². The molecular formula is C30H23N3O2. The molecule has 0 aliphatic rings. The Kier molecular flexibility index (Phi) is 7.11. The lowest BCUT2D eigenvalue weighted by molar-refractivity contribution is 0.399. The summed E-state index contributed by atoms with van der Waals surface area (Å²) >= 11 is 0. The van der Waals surface area contributed by atoms with Crippen LogP contribution in [0.3, 0.4) is 0 Å². The molecule has 0 spiro atoms. The molecule has 0 bridgehead atoms. The number of rotatable bonds is 2. The van der Waals surface area contributed by atoms with E-state index in [1.807, 2.05) is 98.8 Å². The minimum Gasteiger partial charge on any atom is -0.398 e. The summed E-state index contributed by atoms with van der Waals surface area (Å²) < 4.78 is 10.3. The first-order valence-corrected chi connectivity index (χ1v) is 10.9. The summed E-state index contributed by atoms with van der Waals surface area (Å²) in [6.45, 7) is 3.67. The first-order chi connectivity index (χ1) is 17.1. The van der Waals surface area contributed by atoms with Gasteiger partial charge in [0, 0.05) is 22.4 Å². The lowest BCUT2D eigenvalue weighted by atomic mass is 10.1. The van der Waals surface area contributed by atoms with E-state index in [-0.39, 0.29) is 0 Å². The highest BCUT2D eigenvalue weighted by Crippen LogP contribution is 2.25. The first kappa shape index (κ1) is 23.2. The molecule has 5 rings (SSSR count). The Morgan fingerprint density at radius 3 is 1.69 bits per heavy atom. The van der Waals surface area contributed by atoms with E-state index in [1.165, 1.54) is 0 Å². The molecule has 5 aromatic rings. The van der Waals surface area contributed by atoms with Gasteiger partial charge < -0.3 is 14.8 Å². The molecule has 5 heteroatoms. The molecule has 5 nitrogen and oxygen atoms in total. The van der Waals surface area contributed by atoms with Gasteiger partial charge in [-0.15, -0.1) is 6.42 Å². The van der Waals surface area contributed by atoms with Crippen molar-refractivity contribution in [3.8, 4) is 46.7 Å². The normalized spacial score (nSPS) is 9.86. The van der Waals surface area contributed by atoms with E-state index in [9.17, 15) is 0 Å². The minimum absolute atomic E-state index is 0.667. The third-order valence-corrected chi connectivity index (χ3v) is 5.25. The Bertz CT molecular complexity index is 1530. The second-order valence-corrected chi connectivity index (χ2v) is 7.64. The number of aromatic nitrogens is 2. The molecular weight excluding hydrogens is 434 g/mol. The average molecular weight is 458 g/mol. The van der Waals surface area contributed by atoms with Gasteiger partial charge in [0.05, 0.1) is 11.1 Å². The third kappa shape index (κ3) is 5.33. The van der Waals surface area contributed by atoms with Crippen molar-refractivity contribution in [3.05, 3.63) is 113 Å². The minimum atomic E-state index is 0.667. The van der Waals surface area contributed by atoms with Crippen LogP contribution in [0.5, 0.6) is 0 Å². The SMILES string of the molecule is C#Cc1c(-c2ccccc2)noc1C.Cc1onc(-c2ccccc2)c1C#Cc1ccccc1N. The lowest BCUT2D eigenvalue weighted by Gasteiger charge is -1.97. The van der Waals surface area contributed by atoms with E-state index < -0.39 is 0 Å². The van der Waals surface area contributed by atoms with E-state index in [1.54, 1.807) is 0 Å². The van der Waals surface area contributed by atoms with Crippen molar-refractivity contribution in [3.63, 3.8) is 0 Å². The Balaban J connectivity index is 0.000000179. The Morgan fingerprint density at radius 1 is 0.657 bits per heavy atom. The van der Waals surface area contributed by atoms with E-state index in [0.717, 1.165) is 39.2 Å². The predicted molar refractivity (Wildman–Crippen MR) is 138 cm³/mol. The maximum atomic E-state index is 5.91. The second-order valence-electron chi connectivity index (χ2n) is 7.64. The highest BCUT2D eigenvalue weighted by atomic mass is 16.5. The molecule has 0 fully saturated rings. The van der Waals surface area contributed by atoms with E-state index in [2.05, 4.69) is 28.1 Å². The van der Waals surface area contributed by atoms with E-state index in [4.69, 9.17) is 21.2 Å². The largest absolute Gasteiger partial charge is 0.398 e. The molecule has 170 valence electrons. The smallest absolute Gasteiger partial charge is 0.149 e.